The highest BCUT2D eigenvalue weighted by Gasteiger charge is 2.34. The number of carbonyl (C=O) groups is 1. The highest BCUT2D eigenvalue weighted by Crippen LogP contribution is 2.36. The largest absolute Gasteiger partial charge is 0.417 e. The van der Waals surface area contributed by atoms with Gasteiger partial charge in [-0.3, -0.25) is 4.79 Å². The second-order valence-electron chi connectivity index (χ2n) is 6.81. The minimum absolute atomic E-state index is 0.0810. The van der Waals surface area contributed by atoms with Crippen molar-refractivity contribution < 1.29 is 23.3 Å². The predicted molar refractivity (Wildman–Crippen MR) is 98.4 cm³/mol. The topological polar surface area (TPSA) is 45.7 Å². The van der Waals surface area contributed by atoms with Gasteiger partial charge in [0.2, 0.25) is 0 Å². The summed E-state index contributed by atoms with van der Waals surface area (Å²) in [5.74, 6) is -0.344. The van der Waals surface area contributed by atoms with E-state index in [1.807, 2.05) is 35.6 Å². The van der Waals surface area contributed by atoms with Crippen LogP contribution in [0.3, 0.4) is 0 Å². The minimum atomic E-state index is -4.58. The molecule has 1 aliphatic rings. The van der Waals surface area contributed by atoms with Gasteiger partial charge in [0.15, 0.2) is 6.04 Å². The zero-order valence-electron chi connectivity index (χ0n) is 14.6. The molecule has 3 N–H and O–H groups in total. The molecule has 3 nitrogen and oxygen atoms in total. The second kappa shape index (κ2) is 8.31. The average molecular weight is 398 g/mol. The van der Waals surface area contributed by atoms with Gasteiger partial charge < -0.3 is 10.6 Å². The van der Waals surface area contributed by atoms with Gasteiger partial charge in [0.05, 0.1) is 16.6 Å². The van der Waals surface area contributed by atoms with E-state index in [9.17, 15) is 18.0 Å². The number of benzene rings is 2. The average Bonchev–Trinajstić information content (AvgIpc) is 3.14. The SMILES string of the molecule is O=C(Nc1ccc(Cl)c(C(F)(F)F)c1)[C@H]([NH2+]C1CCCC1)c1ccccc1. The van der Waals surface area contributed by atoms with E-state index in [4.69, 9.17) is 11.6 Å². The van der Waals surface area contributed by atoms with E-state index in [-0.39, 0.29) is 11.6 Å². The molecule has 27 heavy (non-hydrogen) atoms. The first kappa shape index (κ1) is 19.7. The standard InChI is InChI=1S/C20H20ClF3N2O/c21-17-11-10-15(12-16(17)20(22,23)24)26-19(27)18(13-6-2-1-3-7-13)25-14-8-4-5-9-14/h1-3,6-7,10-12,14,18,25H,4-5,8-9H2,(H,26,27)/p+1/t18-/m1/s1. The summed E-state index contributed by atoms with van der Waals surface area (Å²) < 4.78 is 39.2. The molecule has 2 aromatic rings. The molecule has 0 unspecified atom stereocenters. The molecule has 0 aromatic heterocycles. The molecule has 2 aromatic carbocycles. The van der Waals surface area contributed by atoms with Gasteiger partial charge in [-0.2, -0.15) is 13.2 Å². The summed E-state index contributed by atoms with van der Waals surface area (Å²) in [4.78, 5) is 12.9. The Bertz CT molecular complexity index is 790. The van der Waals surface area contributed by atoms with Crippen LogP contribution in [0, 0.1) is 0 Å². The number of rotatable bonds is 5. The lowest BCUT2D eigenvalue weighted by atomic mass is 10.0. The maximum Gasteiger partial charge on any atom is 0.417 e. The Morgan fingerprint density at radius 2 is 1.78 bits per heavy atom. The summed E-state index contributed by atoms with van der Waals surface area (Å²) in [6, 6.07) is 12.5. The summed E-state index contributed by atoms with van der Waals surface area (Å²) in [7, 11) is 0. The van der Waals surface area contributed by atoms with Crippen LogP contribution in [0.4, 0.5) is 18.9 Å². The third-order valence-electron chi connectivity index (χ3n) is 4.84. The fourth-order valence-corrected chi connectivity index (χ4v) is 3.70. The van der Waals surface area contributed by atoms with Gasteiger partial charge >= 0.3 is 6.18 Å². The van der Waals surface area contributed by atoms with E-state index in [0.717, 1.165) is 43.4 Å². The molecule has 0 bridgehead atoms. The number of amides is 1. The van der Waals surface area contributed by atoms with Gasteiger partial charge in [-0.1, -0.05) is 41.9 Å². The van der Waals surface area contributed by atoms with Crippen LogP contribution >= 0.6 is 11.6 Å². The number of nitrogens with one attached hydrogen (secondary N) is 1. The summed E-state index contributed by atoms with van der Waals surface area (Å²) in [5, 5.41) is 4.26. The van der Waals surface area contributed by atoms with Gasteiger partial charge in [-0.05, 0) is 43.9 Å². The zero-order valence-corrected chi connectivity index (χ0v) is 15.4. The molecule has 0 spiro atoms. The number of quaternary nitrogens is 1. The monoisotopic (exact) mass is 397 g/mol. The molecule has 1 saturated carbocycles. The quantitative estimate of drug-likeness (QED) is 0.764. The Morgan fingerprint density at radius 1 is 1.11 bits per heavy atom. The molecular weight excluding hydrogens is 377 g/mol. The van der Waals surface area contributed by atoms with Crippen LogP contribution in [-0.2, 0) is 11.0 Å². The minimum Gasteiger partial charge on any atom is -0.330 e. The smallest absolute Gasteiger partial charge is 0.330 e. The van der Waals surface area contributed by atoms with Crippen LogP contribution in [0.5, 0.6) is 0 Å². The molecule has 7 heteroatoms. The van der Waals surface area contributed by atoms with Crippen LogP contribution in [-0.4, -0.2) is 11.9 Å². The third-order valence-corrected chi connectivity index (χ3v) is 5.17. The summed E-state index contributed by atoms with van der Waals surface area (Å²) in [6.07, 6.45) is -0.231. The molecule has 1 fully saturated rings. The molecule has 1 amide bonds. The van der Waals surface area contributed by atoms with Crippen LogP contribution in [0.2, 0.25) is 5.02 Å². The molecule has 0 heterocycles. The lowest BCUT2D eigenvalue weighted by Gasteiger charge is -2.20. The van der Waals surface area contributed by atoms with Crippen molar-refractivity contribution in [2.24, 2.45) is 0 Å². The van der Waals surface area contributed by atoms with E-state index in [1.165, 1.54) is 6.07 Å². The van der Waals surface area contributed by atoms with Crippen molar-refractivity contribution in [3.8, 4) is 0 Å². The lowest BCUT2D eigenvalue weighted by molar-refractivity contribution is -0.714. The summed E-state index contributed by atoms with van der Waals surface area (Å²) >= 11 is 5.65. The van der Waals surface area contributed by atoms with E-state index in [0.29, 0.717) is 6.04 Å². The molecule has 0 aliphatic heterocycles. The Kier molecular flexibility index (Phi) is 6.07. The van der Waals surface area contributed by atoms with E-state index in [1.54, 1.807) is 0 Å². The van der Waals surface area contributed by atoms with Crippen LogP contribution in [0.15, 0.2) is 48.5 Å². The summed E-state index contributed by atoms with van der Waals surface area (Å²) in [5.41, 5.74) is -0.0533. The highest BCUT2D eigenvalue weighted by molar-refractivity contribution is 6.31. The predicted octanol–water partition coefficient (Wildman–Crippen LogP) is 4.54. The van der Waals surface area contributed by atoms with Gasteiger partial charge in [0.1, 0.15) is 0 Å². The molecule has 1 atom stereocenters. The summed E-state index contributed by atoms with van der Waals surface area (Å²) in [6.45, 7) is 0. The van der Waals surface area contributed by atoms with Crippen LogP contribution < -0.4 is 10.6 Å². The Balaban J connectivity index is 1.82. The maximum absolute atomic E-state index is 13.1. The first-order valence-electron chi connectivity index (χ1n) is 8.92. The van der Waals surface area contributed by atoms with Crippen molar-refractivity contribution in [2.45, 2.75) is 43.9 Å². The second-order valence-corrected chi connectivity index (χ2v) is 7.21. The van der Waals surface area contributed by atoms with Crippen LogP contribution in [0.1, 0.15) is 42.9 Å². The van der Waals surface area contributed by atoms with Gasteiger partial charge in [0.25, 0.3) is 5.91 Å². The lowest BCUT2D eigenvalue weighted by Crippen LogP contribution is -2.92. The number of hydrogen-bond donors (Lipinski definition) is 2. The first-order valence-corrected chi connectivity index (χ1v) is 9.30. The maximum atomic E-state index is 13.1. The van der Waals surface area contributed by atoms with E-state index < -0.39 is 22.8 Å². The number of alkyl halides is 3. The van der Waals surface area contributed by atoms with Gasteiger partial charge in [-0.15, -0.1) is 0 Å². The normalized spacial score (nSPS) is 16.3. The first-order chi connectivity index (χ1) is 12.8. The number of nitrogens with two attached hydrogens (primary N) is 1. The van der Waals surface area contributed by atoms with E-state index >= 15 is 0 Å². The Morgan fingerprint density at radius 3 is 2.41 bits per heavy atom. The van der Waals surface area contributed by atoms with Crippen molar-refractivity contribution in [3.05, 3.63) is 64.7 Å². The number of hydrogen-bond acceptors (Lipinski definition) is 1. The van der Waals surface area contributed by atoms with Crippen LogP contribution in [0.25, 0.3) is 0 Å². The molecule has 144 valence electrons. The molecule has 3 rings (SSSR count). The Labute approximate surface area is 160 Å². The molecule has 0 radical (unpaired) electrons. The fraction of sp³-hybridized carbons (Fsp3) is 0.350. The molecule has 1 aliphatic carbocycles. The van der Waals surface area contributed by atoms with E-state index in [2.05, 4.69) is 5.32 Å². The van der Waals surface area contributed by atoms with Crippen molar-refractivity contribution in [1.82, 2.24) is 0 Å². The van der Waals surface area contributed by atoms with Crippen molar-refractivity contribution >= 4 is 23.2 Å². The number of anilines is 1. The van der Waals surface area contributed by atoms with Crippen molar-refractivity contribution in [2.75, 3.05) is 5.32 Å². The van der Waals surface area contributed by atoms with Gasteiger partial charge in [0, 0.05) is 11.3 Å². The fourth-order valence-electron chi connectivity index (χ4n) is 3.47. The molecular formula is C20H21ClF3N2O+. The third kappa shape index (κ3) is 5.02. The van der Waals surface area contributed by atoms with Gasteiger partial charge in [-0.25, -0.2) is 0 Å². The molecule has 0 saturated heterocycles. The highest BCUT2D eigenvalue weighted by atomic mass is 35.5. The number of carbonyl (C=O) groups excluding carboxylic acids is 1. The Hall–Kier alpha value is -2.05. The zero-order chi connectivity index (χ0) is 19.4. The number of halogens is 4. The van der Waals surface area contributed by atoms with Crippen molar-refractivity contribution in [1.29, 1.82) is 0 Å². The van der Waals surface area contributed by atoms with Crippen molar-refractivity contribution in [3.63, 3.8) is 0 Å².